The van der Waals surface area contributed by atoms with Gasteiger partial charge in [0, 0.05) is 48.3 Å². The highest BCUT2D eigenvalue weighted by molar-refractivity contribution is 6.30. The lowest BCUT2D eigenvalue weighted by atomic mass is 10.1. The molecule has 0 aliphatic carbocycles. The van der Waals surface area contributed by atoms with Gasteiger partial charge in [0.1, 0.15) is 0 Å². The van der Waals surface area contributed by atoms with Crippen LogP contribution in [-0.2, 0) is 0 Å². The van der Waals surface area contributed by atoms with E-state index < -0.39 is 0 Å². The summed E-state index contributed by atoms with van der Waals surface area (Å²) in [5.74, 6) is -0.124. The molecule has 172 valence electrons. The molecule has 2 aromatic rings. The number of hydrogen-bond donors (Lipinski definition) is 3. The summed E-state index contributed by atoms with van der Waals surface area (Å²) in [5.41, 5.74) is 2.69. The summed E-state index contributed by atoms with van der Waals surface area (Å²) in [4.78, 5) is 30.0. The molecule has 1 fully saturated rings. The molecule has 3 amide bonds. The lowest BCUT2D eigenvalue weighted by Crippen LogP contribution is -2.35. The molecule has 32 heavy (non-hydrogen) atoms. The smallest absolute Gasteiger partial charge is 0.323 e. The van der Waals surface area contributed by atoms with E-state index in [4.69, 9.17) is 11.6 Å². The van der Waals surface area contributed by atoms with Crippen molar-refractivity contribution in [3.63, 3.8) is 0 Å². The van der Waals surface area contributed by atoms with Gasteiger partial charge in [-0.05, 0) is 68.4 Å². The number of urea groups is 1. The summed E-state index contributed by atoms with van der Waals surface area (Å²) in [6.07, 6.45) is 2.24. The first-order valence-corrected chi connectivity index (χ1v) is 11.6. The van der Waals surface area contributed by atoms with E-state index in [1.165, 1.54) is 0 Å². The maximum Gasteiger partial charge on any atom is 0.323 e. The van der Waals surface area contributed by atoms with Gasteiger partial charge in [-0.25, -0.2) is 4.79 Å². The van der Waals surface area contributed by atoms with Crippen LogP contribution >= 0.6 is 11.6 Å². The fourth-order valence-corrected chi connectivity index (χ4v) is 3.94. The van der Waals surface area contributed by atoms with Gasteiger partial charge in [0.2, 0.25) is 0 Å². The monoisotopic (exact) mass is 457 g/mol. The van der Waals surface area contributed by atoms with Gasteiger partial charge in [-0.3, -0.25) is 4.79 Å². The van der Waals surface area contributed by atoms with Crippen molar-refractivity contribution in [3.05, 3.63) is 53.1 Å². The van der Waals surface area contributed by atoms with Crippen LogP contribution in [0.2, 0.25) is 5.02 Å². The molecule has 0 aromatic heterocycles. The maximum absolute atomic E-state index is 13.0. The number of likely N-dealkylation sites (N-methyl/N-ethyl adjacent to an activating group) is 1. The third-order valence-corrected chi connectivity index (χ3v) is 5.91. The average molecular weight is 458 g/mol. The van der Waals surface area contributed by atoms with Crippen LogP contribution in [0.15, 0.2) is 42.5 Å². The molecule has 1 heterocycles. The summed E-state index contributed by atoms with van der Waals surface area (Å²) in [7, 11) is 0. The summed E-state index contributed by atoms with van der Waals surface area (Å²) >= 11 is 5.89. The van der Waals surface area contributed by atoms with Gasteiger partial charge in [0.05, 0.1) is 5.56 Å². The highest BCUT2D eigenvalue weighted by atomic mass is 35.5. The second-order valence-electron chi connectivity index (χ2n) is 7.79. The van der Waals surface area contributed by atoms with Crippen LogP contribution in [0.5, 0.6) is 0 Å². The number of carbonyl (C=O) groups excluding carboxylic acids is 2. The van der Waals surface area contributed by atoms with Crippen LogP contribution in [0, 0.1) is 0 Å². The number of carbonyl (C=O) groups is 2. The Morgan fingerprint density at radius 3 is 2.25 bits per heavy atom. The SMILES string of the molecule is CCN(CC)CCNC(=O)c1cc(NC(=O)Nc2ccc(Cl)cc2)ccc1N1CCCC1. The molecule has 0 spiro atoms. The Morgan fingerprint density at radius 1 is 0.969 bits per heavy atom. The molecule has 2 aromatic carbocycles. The highest BCUT2D eigenvalue weighted by Crippen LogP contribution is 2.27. The van der Waals surface area contributed by atoms with Crippen molar-refractivity contribution in [1.82, 2.24) is 10.2 Å². The lowest BCUT2D eigenvalue weighted by Gasteiger charge is -2.23. The average Bonchev–Trinajstić information content (AvgIpc) is 3.33. The number of nitrogens with one attached hydrogen (secondary N) is 3. The minimum atomic E-state index is -0.380. The summed E-state index contributed by atoms with van der Waals surface area (Å²) < 4.78 is 0. The first-order valence-electron chi connectivity index (χ1n) is 11.2. The topological polar surface area (TPSA) is 76.7 Å². The highest BCUT2D eigenvalue weighted by Gasteiger charge is 2.20. The second-order valence-corrected chi connectivity index (χ2v) is 8.23. The van der Waals surface area contributed by atoms with Gasteiger partial charge in [-0.1, -0.05) is 25.4 Å². The Labute approximate surface area is 195 Å². The molecule has 3 rings (SSSR count). The van der Waals surface area contributed by atoms with E-state index in [9.17, 15) is 9.59 Å². The van der Waals surface area contributed by atoms with Crippen molar-refractivity contribution in [3.8, 4) is 0 Å². The first-order chi connectivity index (χ1) is 15.5. The van der Waals surface area contributed by atoms with Crippen LogP contribution in [0.4, 0.5) is 21.9 Å². The second kappa shape index (κ2) is 11.7. The van der Waals surface area contributed by atoms with Crippen LogP contribution in [-0.4, -0.2) is 56.1 Å². The van der Waals surface area contributed by atoms with Gasteiger partial charge in [-0.15, -0.1) is 0 Å². The van der Waals surface area contributed by atoms with E-state index >= 15 is 0 Å². The van der Waals surface area contributed by atoms with Gasteiger partial charge in [0.25, 0.3) is 5.91 Å². The Balaban J connectivity index is 1.71. The van der Waals surface area contributed by atoms with Gasteiger partial charge >= 0.3 is 6.03 Å². The Hall–Kier alpha value is -2.77. The molecule has 1 saturated heterocycles. The fraction of sp³-hybridized carbons (Fsp3) is 0.417. The lowest BCUT2D eigenvalue weighted by molar-refractivity contribution is 0.0949. The number of hydrogen-bond acceptors (Lipinski definition) is 4. The zero-order valence-electron chi connectivity index (χ0n) is 18.8. The predicted molar refractivity (Wildman–Crippen MR) is 132 cm³/mol. The zero-order valence-corrected chi connectivity index (χ0v) is 19.5. The molecule has 7 nitrogen and oxygen atoms in total. The van der Waals surface area contributed by atoms with Gasteiger partial charge in [0.15, 0.2) is 0 Å². The number of amides is 3. The van der Waals surface area contributed by atoms with Crippen molar-refractivity contribution in [2.45, 2.75) is 26.7 Å². The van der Waals surface area contributed by atoms with E-state index in [2.05, 4.69) is 39.6 Å². The normalized spacial score (nSPS) is 13.3. The number of nitrogens with zero attached hydrogens (tertiary/aromatic N) is 2. The molecule has 0 bridgehead atoms. The number of halogens is 1. The number of benzene rings is 2. The summed E-state index contributed by atoms with van der Waals surface area (Å²) in [6, 6.07) is 12.0. The zero-order chi connectivity index (χ0) is 22.9. The molecule has 3 N–H and O–H groups in total. The van der Waals surface area contributed by atoms with Crippen molar-refractivity contribution in [1.29, 1.82) is 0 Å². The maximum atomic E-state index is 13.0. The molecule has 8 heteroatoms. The minimum absolute atomic E-state index is 0.124. The van der Waals surface area contributed by atoms with Crippen LogP contribution in [0.3, 0.4) is 0 Å². The van der Waals surface area contributed by atoms with E-state index in [0.717, 1.165) is 51.3 Å². The number of anilines is 3. The van der Waals surface area contributed by atoms with E-state index in [1.54, 1.807) is 30.3 Å². The first kappa shape index (κ1) is 23.9. The van der Waals surface area contributed by atoms with Crippen LogP contribution in [0.1, 0.15) is 37.0 Å². The van der Waals surface area contributed by atoms with E-state index in [0.29, 0.717) is 28.5 Å². The molecule has 0 unspecified atom stereocenters. The molecule has 0 saturated carbocycles. The molecule has 1 aliphatic rings. The Kier molecular flexibility index (Phi) is 8.76. The Bertz CT molecular complexity index is 909. The third kappa shape index (κ3) is 6.61. The largest absolute Gasteiger partial charge is 0.371 e. The number of rotatable bonds is 9. The van der Waals surface area contributed by atoms with Gasteiger partial charge in [-0.2, -0.15) is 0 Å². The molecule has 0 radical (unpaired) electrons. The van der Waals surface area contributed by atoms with Crippen molar-refractivity contribution in [2.75, 3.05) is 54.8 Å². The van der Waals surface area contributed by atoms with Crippen molar-refractivity contribution < 1.29 is 9.59 Å². The van der Waals surface area contributed by atoms with Crippen molar-refractivity contribution >= 4 is 40.6 Å². The predicted octanol–water partition coefficient (Wildman–Crippen LogP) is 4.66. The third-order valence-electron chi connectivity index (χ3n) is 5.66. The molecule has 0 atom stereocenters. The van der Waals surface area contributed by atoms with Gasteiger partial charge < -0.3 is 25.8 Å². The van der Waals surface area contributed by atoms with Crippen LogP contribution < -0.4 is 20.9 Å². The molecular weight excluding hydrogens is 426 g/mol. The Morgan fingerprint density at radius 2 is 1.59 bits per heavy atom. The standard InChI is InChI=1S/C24H32ClN5O2/c1-3-29(4-2)16-13-26-23(31)21-17-20(11-12-22(21)30-14-5-6-15-30)28-24(32)27-19-9-7-18(25)8-10-19/h7-12,17H,3-6,13-16H2,1-2H3,(H,26,31)(H2,27,28,32). The van der Waals surface area contributed by atoms with E-state index in [-0.39, 0.29) is 11.9 Å². The molecule has 1 aliphatic heterocycles. The summed E-state index contributed by atoms with van der Waals surface area (Å²) in [6.45, 7) is 9.38. The van der Waals surface area contributed by atoms with Crippen LogP contribution in [0.25, 0.3) is 0 Å². The quantitative estimate of drug-likeness (QED) is 0.512. The minimum Gasteiger partial charge on any atom is -0.371 e. The van der Waals surface area contributed by atoms with Crippen molar-refractivity contribution in [2.24, 2.45) is 0 Å². The fourth-order valence-electron chi connectivity index (χ4n) is 3.82. The summed E-state index contributed by atoms with van der Waals surface area (Å²) in [5, 5.41) is 9.23. The van der Waals surface area contributed by atoms with E-state index in [1.807, 2.05) is 12.1 Å². The molecular formula is C24H32ClN5O2.